The van der Waals surface area contributed by atoms with Crippen LogP contribution >= 0.6 is 0 Å². The molecule has 1 saturated heterocycles. The van der Waals surface area contributed by atoms with Gasteiger partial charge in [0, 0.05) is 18.1 Å². The van der Waals surface area contributed by atoms with Crippen molar-refractivity contribution in [3.05, 3.63) is 35.6 Å². The van der Waals surface area contributed by atoms with Crippen LogP contribution in [0.5, 0.6) is 0 Å². The predicted octanol–water partition coefficient (Wildman–Crippen LogP) is 3.09. The topological polar surface area (TPSA) is 29.3 Å². The van der Waals surface area contributed by atoms with E-state index in [-0.39, 0.29) is 11.9 Å². The minimum Gasteiger partial charge on any atom is -0.324 e. The molecule has 1 aliphatic heterocycles. The summed E-state index contributed by atoms with van der Waals surface area (Å²) in [4.78, 5) is 2.51. The van der Waals surface area contributed by atoms with Gasteiger partial charge in [-0.15, -0.1) is 0 Å². The number of nitrogens with zero attached hydrogens (tertiary/aromatic N) is 1. The fourth-order valence-electron chi connectivity index (χ4n) is 2.75. The van der Waals surface area contributed by atoms with Crippen molar-refractivity contribution in [3.8, 4) is 0 Å². The first-order chi connectivity index (χ1) is 8.49. The predicted molar refractivity (Wildman–Crippen MR) is 72.8 cm³/mol. The molecular weight excluding hydrogens is 227 g/mol. The molecule has 0 radical (unpaired) electrons. The molecule has 3 heteroatoms. The molecule has 0 amide bonds. The van der Waals surface area contributed by atoms with E-state index in [0.29, 0.717) is 5.54 Å². The second-order valence-corrected chi connectivity index (χ2v) is 5.85. The monoisotopic (exact) mass is 250 g/mol. The molecule has 0 spiro atoms. The van der Waals surface area contributed by atoms with Gasteiger partial charge in [0.15, 0.2) is 0 Å². The van der Waals surface area contributed by atoms with Gasteiger partial charge >= 0.3 is 0 Å². The average molecular weight is 250 g/mol. The van der Waals surface area contributed by atoms with Crippen molar-refractivity contribution < 1.29 is 4.39 Å². The summed E-state index contributed by atoms with van der Waals surface area (Å²) < 4.78 is 12.8. The normalized spacial score (nSPS) is 21.1. The molecule has 1 aromatic rings. The lowest BCUT2D eigenvalue weighted by Crippen LogP contribution is -2.39. The number of likely N-dealkylation sites (tertiary alicyclic amines) is 1. The Bertz CT molecular complexity index is 386. The third-order valence-electron chi connectivity index (χ3n) is 4.08. The highest BCUT2D eigenvalue weighted by molar-refractivity contribution is 5.19. The van der Waals surface area contributed by atoms with Crippen LogP contribution in [0.2, 0.25) is 0 Å². The van der Waals surface area contributed by atoms with E-state index in [9.17, 15) is 4.39 Å². The lowest BCUT2D eigenvalue weighted by molar-refractivity contribution is 0.169. The van der Waals surface area contributed by atoms with Crippen LogP contribution in [0.4, 0.5) is 4.39 Å². The van der Waals surface area contributed by atoms with Gasteiger partial charge in [-0.2, -0.15) is 0 Å². The lowest BCUT2D eigenvalue weighted by atomic mass is 10.0. The first-order valence-electron chi connectivity index (χ1n) is 6.75. The second-order valence-electron chi connectivity index (χ2n) is 5.85. The van der Waals surface area contributed by atoms with Crippen LogP contribution in [0, 0.1) is 5.82 Å². The minimum absolute atomic E-state index is 0.00185. The van der Waals surface area contributed by atoms with Crippen LogP contribution in [0.15, 0.2) is 24.3 Å². The van der Waals surface area contributed by atoms with Crippen molar-refractivity contribution in [2.24, 2.45) is 5.73 Å². The van der Waals surface area contributed by atoms with E-state index in [1.807, 2.05) is 0 Å². The van der Waals surface area contributed by atoms with Crippen molar-refractivity contribution in [3.63, 3.8) is 0 Å². The number of hydrogen-bond donors (Lipinski definition) is 1. The molecular formula is C15H23FN2. The Kier molecular flexibility index (Phi) is 4.03. The molecule has 2 nitrogen and oxygen atoms in total. The highest BCUT2D eigenvalue weighted by Crippen LogP contribution is 2.29. The largest absolute Gasteiger partial charge is 0.324 e. The Hall–Kier alpha value is -0.930. The Morgan fingerprint density at radius 3 is 2.56 bits per heavy atom. The summed E-state index contributed by atoms with van der Waals surface area (Å²) in [5.41, 5.74) is 7.49. The van der Waals surface area contributed by atoms with Crippen LogP contribution in [0.3, 0.4) is 0 Å². The Morgan fingerprint density at radius 1 is 1.33 bits per heavy atom. The molecule has 0 bridgehead atoms. The van der Waals surface area contributed by atoms with Gasteiger partial charge in [0.1, 0.15) is 5.82 Å². The number of rotatable bonds is 4. The number of halogens is 1. The van der Waals surface area contributed by atoms with Crippen molar-refractivity contribution in [1.29, 1.82) is 0 Å². The Balaban J connectivity index is 1.88. The third kappa shape index (κ3) is 3.09. The molecule has 0 aromatic heterocycles. The quantitative estimate of drug-likeness (QED) is 0.889. The molecule has 0 saturated carbocycles. The molecule has 2 rings (SSSR count). The Labute approximate surface area is 109 Å². The van der Waals surface area contributed by atoms with Gasteiger partial charge in [0.2, 0.25) is 0 Å². The number of nitrogens with two attached hydrogens (primary N) is 1. The maximum atomic E-state index is 12.8. The van der Waals surface area contributed by atoms with Gasteiger partial charge in [-0.1, -0.05) is 12.1 Å². The Morgan fingerprint density at radius 2 is 2.00 bits per heavy atom. The second kappa shape index (κ2) is 5.37. The number of benzene rings is 1. The molecule has 1 heterocycles. The average Bonchev–Trinajstić information content (AvgIpc) is 2.66. The van der Waals surface area contributed by atoms with Crippen LogP contribution < -0.4 is 5.73 Å². The summed E-state index contributed by atoms with van der Waals surface area (Å²) in [5.74, 6) is -0.202. The zero-order valence-electron chi connectivity index (χ0n) is 11.3. The first-order valence-corrected chi connectivity index (χ1v) is 6.75. The summed E-state index contributed by atoms with van der Waals surface area (Å²) in [6, 6.07) is 6.54. The fourth-order valence-corrected chi connectivity index (χ4v) is 2.75. The lowest BCUT2D eigenvalue weighted by Gasteiger charge is -2.32. The van der Waals surface area contributed by atoms with Crippen molar-refractivity contribution in [1.82, 2.24) is 4.90 Å². The maximum Gasteiger partial charge on any atom is 0.123 e. The maximum absolute atomic E-state index is 12.8. The van der Waals surface area contributed by atoms with Crippen LogP contribution in [-0.2, 0) is 0 Å². The highest BCUT2D eigenvalue weighted by Gasteiger charge is 2.31. The molecule has 2 N–H and O–H groups in total. The SMILES string of the molecule is CC1(C)CCCN1CCC(N)c1ccc(F)cc1. The zero-order chi connectivity index (χ0) is 13.2. The summed E-state index contributed by atoms with van der Waals surface area (Å²) in [7, 11) is 0. The van der Waals surface area contributed by atoms with Gasteiger partial charge in [0.25, 0.3) is 0 Å². The minimum atomic E-state index is -0.202. The van der Waals surface area contributed by atoms with E-state index in [4.69, 9.17) is 5.73 Å². The van der Waals surface area contributed by atoms with E-state index >= 15 is 0 Å². The highest BCUT2D eigenvalue weighted by atomic mass is 19.1. The number of hydrogen-bond acceptors (Lipinski definition) is 2. The molecule has 1 aliphatic rings. The van der Waals surface area contributed by atoms with E-state index in [1.54, 1.807) is 12.1 Å². The summed E-state index contributed by atoms with van der Waals surface area (Å²) in [5, 5.41) is 0. The first kappa shape index (κ1) is 13.5. The summed E-state index contributed by atoms with van der Waals surface area (Å²) >= 11 is 0. The zero-order valence-corrected chi connectivity index (χ0v) is 11.3. The molecule has 1 unspecified atom stereocenters. The molecule has 1 aromatic carbocycles. The van der Waals surface area contributed by atoms with Crippen LogP contribution in [0.1, 0.15) is 44.7 Å². The van der Waals surface area contributed by atoms with Crippen molar-refractivity contribution in [2.45, 2.75) is 44.7 Å². The smallest absolute Gasteiger partial charge is 0.123 e. The van der Waals surface area contributed by atoms with Crippen molar-refractivity contribution in [2.75, 3.05) is 13.1 Å². The summed E-state index contributed by atoms with van der Waals surface area (Å²) in [6.07, 6.45) is 3.46. The van der Waals surface area contributed by atoms with Crippen molar-refractivity contribution >= 4 is 0 Å². The van der Waals surface area contributed by atoms with E-state index < -0.39 is 0 Å². The summed E-state index contributed by atoms with van der Waals surface area (Å²) in [6.45, 7) is 6.78. The van der Waals surface area contributed by atoms with E-state index in [2.05, 4.69) is 18.7 Å². The van der Waals surface area contributed by atoms with Gasteiger partial charge in [-0.25, -0.2) is 4.39 Å². The fraction of sp³-hybridized carbons (Fsp3) is 0.600. The van der Waals surface area contributed by atoms with Gasteiger partial charge in [-0.05, 0) is 57.4 Å². The van der Waals surface area contributed by atoms with E-state index in [1.165, 1.54) is 31.5 Å². The third-order valence-corrected chi connectivity index (χ3v) is 4.08. The van der Waals surface area contributed by atoms with Gasteiger partial charge in [0.05, 0.1) is 0 Å². The van der Waals surface area contributed by atoms with Crippen LogP contribution in [0.25, 0.3) is 0 Å². The molecule has 1 fully saturated rings. The molecule has 100 valence electrons. The van der Waals surface area contributed by atoms with Gasteiger partial charge in [-0.3, -0.25) is 4.90 Å². The van der Waals surface area contributed by atoms with Crippen LogP contribution in [-0.4, -0.2) is 23.5 Å². The van der Waals surface area contributed by atoms with E-state index in [0.717, 1.165) is 18.5 Å². The van der Waals surface area contributed by atoms with Gasteiger partial charge < -0.3 is 5.73 Å². The standard InChI is InChI=1S/C15H23FN2/c1-15(2)9-3-10-18(15)11-8-14(17)12-4-6-13(16)7-5-12/h4-7,14H,3,8-11,17H2,1-2H3. The molecule has 1 atom stereocenters. The molecule has 0 aliphatic carbocycles. The molecule has 18 heavy (non-hydrogen) atoms.